The number of hydrogen-bond acceptors (Lipinski definition) is 4. The van der Waals surface area contributed by atoms with E-state index in [9.17, 15) is 9.59 Å². The van der Waals surface area contributed by atoms with E-state index >= 15 is 0 Å². The van der Waals surface area contributed by atoms with Crippen molar-refractivity contribution >= 4 is 17.6 Å². The predicted molar refractivity (Wildman–Crippen MR) is 58.3 cm³/mol. The van der Waals surface area contributed by atoms with Gasteiger partial charge in [0, 0.05) is 6.54 Å². The molecule has 0 spiro atoms. The number of carbonyl (C=O) groups excluding carboxylic acids is 2. The molecule has 1 aromatic heterocycles. The maximum absolute atomic E-state index is 11.6. The van der Waals surface area contributed by atoms with Crippen LogP contribution in [0, 0.1) is 5.41 Å². The Hall–Kier alpha value is -2.05. The molecule has 0 bridgehead atoms. The number of aromatic amines is 1. The van der Waals surface area contributed by atoms with Crippen molar-refractivity contribution in [3.05, 3.63) is 11.8 Å². The Morgan fingerprint density at radius 2 is 2.19 bits per heavy atom. The summed E-state index contributed by atoms with van der Waals surface area (Å²) in [4.78, 5) is 22.6. The van der Waals surface area contributed by atoms with Crippen LogP contribution in [-0.2, 0) is 4.79 Å². The van der Waals surface area contributed by atoms with Crippen LogP contribution in [0.5, 0.6) is 0 Å². The van der Waals surface area contributed by atoms with E-state index < -0.39 is 11.3 Å². The summed E-state index contributed by atoms with van der Waals surface area (Å²) in [6, 6.07) is 0. The Morgan fingerprint density at radius 1 is 1.56 bits per heavy atom. The van der Waals surface area contributed by atoms with Gasteiger partial charge in [0.2, 0.25) is 5.91 Å². The molecule has 16 heavy (non-hydrogen) atoms. The number of rotatable bonds is 4. The van der Waals surface area contributed by atoms with Gasteiger partial charge in [0.1, 0.15) is 11.4 Å². The summed E-state index contributed by atoms with van der Waals surface area (Å²) in [5.41, 5.74) is 10.1. The molecule has 1 rings (SSSR count). The number of hydrogen-bond donors (Lipinski definition) is 4. The monoisotopic (exact) mass is 225 g/mol. The zero-order chi connectivity index (χ0) is 12.3. The minimum Gasteiger partial charge on any atom is -0.383 e. The van der Waals surface area contributed by atoms with Crippen LogP contribution in [-0.4, -0.2) is 28.6 Å². The maximum atomic E-state index is 11.6. The highest BCUT2D eigenvalue weighted by Gasteiger charge is 2.26. The second kappa shape index (κ2) is 4.21. The van der Waals surface area contributed by atoms with Gasteiger partial charge in [-0.3, -0.25) is 14.7 Å². The van der Waals surface area contributed by atoms with E-state index in [4.69, 9.17) is 11.5 Å². The molecule has 6 N–H and O–H groups in total. The van der Waals surface area contributed by atoms with E-state index in [0.717, 1.165) is 0 Å². The average molecular weight is 225 g/mol. The molecular formula is C9H15N5O2. The van der Waals surface area contributed by atoms with Crippen LogP contribution < -0.4 is 16.8 Å². The first kappa shape index (κ1) is 12.0. The molecule has 7 nitrogen and oxygen atoms in total. The highest BCUT2D eigenvalue weighted by molar-refractivity contribution is 5.98. The predicted octanol–water partition coefficient (Wildman–Crippen LogP) is -0.767. The smallest absolute Gasteiger partial charge is 0.256 e. The summed E-state index contributed by atoms with van der Waals surface area (Å²) in [6.07, 6.45) is 1.32. The summed E-state index contributed by atoms with van der Waals surface area (Å²) in [6.45, 7) is 3.44. The number of H-pyrrole nitrogens is 1. The number of primary amides is 1. The van der Waals surface area contributed by atoms with Gasteiger partial charge >= 0.3 is 0 Å². The lowest BCUT2D eigenvalue weighted by molar-refractivity contribution is -0.125. The standard InChI is InChI=1S/C9H15N5O2/c1-9(2,8(11)16)4-12-7(15)5-3-13-14-6(5)10/h3H,4H2,1-2H3,(H2,11,16)(H,12,15)(H3,10,13,14). The summed E-state index contributed by atoms with van der Waals surface area (Å²) < 4.78 is 0. The molecule has 0 aliphatic heterocycles. The molecule has 0 aromatic carbocycles. The molecule has 0 unspecified atom stereocenters. The van der Waals surface area contributed by atoms with Crippen molar-refractivity contribution in [3.8, 4) is 0 Å². The van der Waals surface area contributed by atoms with E-state index in [1.807, 2.05) is 0 Å². The van der Waals surface area contributed by atoms with Gasteiger partial charge in [-0.15, -0.1) is 0 Å². The molecule has 2 amide bonds. The lowest BCUT2D eigenvalue weighted by Crippen LogP contribution is -2.42. The molecule has 0 atom stereocenters. The van der Waals surface area contributed by atoms with Crippen molar-refractivity contribution in [2.24, 2.45) is 11.1 Å². The van der Waals surface area contributed by atoms with Crippen LogP contribution in [0.4, 0.5) is 5.82 Å². The van der Waals surface area contributed by atoms with Crippen LogP contribution in [0.2, 0.25) is 0 Å². The largest absolute Gasteiger partial charge is 0.383 e. The van der Waals surface area contributed by atoms with Crippen LogP contribution in [0.3, 0.4) is 0 Å². The number of amides is 2. The Balaban J connectivity index is 2.61. The highest BCUT2D eigenvalue weighted by atomic mass is 16.2. The second-order valence-electron chi connectivity index (χ2n) is 4.13. The third-order valence-electron chi connectivity index (χ3n) is 2.27. The molecular weight excluding hydrogens is 210 g/mol. The second-order valence-corrected chi connectivity index (χ2v) is 4.13. The normalized spacial score (nSPS) is 11.1. The maximum Gasteiger partial charge on any atom is 0.256 e. The van der Waals surface area contributed by atoms with Crippen LogP contribution >= 0.6 is 0 Å². The highest BCUT2D eigenvalue weighted by Crippen LogP contribution is 2.13. The lowest BCUT2D eigenvalue weighted by atomic mass is 9.93. The van der Waals surface area contributed by atoms with Gasteiger partial charge in [-0.05, 0) is 13.8 Å². The van der Waals surface area contributed by atoms with E-state index in [1.54, 1.807) is 13.8 Å². The number of nitrogen functional groups attached to an aromatic ring is 1. The Labute approximate surface area is 92.6 Å². The van der Waals surface area contributed by atoms with E-state index in [1.165, 1.54) is 6.20 Å². The molecule has 1 aromatic rings. The third kappa shape index (κ3) is 2.50. The number of nitrogens with one attached hydrogen (secondary N) is 2. The van der Waals surface area contributed by atoms with Gasteiger partial charge in [0.15, 0.2) is 0 Å². The zero-order valence-corrected chi connectivity index (χ0v) is 9.20. The Kier molecular flexibility index (Phi) is 3.17. The summed E-state index contributed by atoms with van der Waals surface area (Å²) in [7, 11) is 0. The minimum absolute atomic E-state index is 0.145. The third-order valence-corrected chi connectivity index (χ3v) is 2.27. The van der Waals surface area contributed by atoms with Gasteiger partial charge in [-0.2, -0.15) is 5.10 Å². The lowest BCUT2D eigenvalue weighted by Gasteiger charge is -2.20. The summed E-state index contributed by atoms with van der Waals surface area (Å²) in [5, 5.41) is 8.63. The SMILES string of the molecule is CC(C)(CNC(=O)c1cn[nH]c1N)C(N)=O. The Bertz CT molecular complexity index is 410. The quantitative estimate of drug-likeness (QED) is 0.536. The van der Waals surface area contributed by atoms with Crippen LogP contribution in [0.15, 0.2) is 6.20 Å². The van der Waals surface area contributed by atoms with Gasteiger partial charge in [0.05, 0.1) is 11.6 Å². The van der Waals surface area contributed by atoms with Crippen LogP contribution in [0.25, 0.3) is 0 Å². The molecule has 0 aliphatic carbocycles. The van der Waals surface area contributed by atoms with Crippen molar-refractivity contribution < 1.29 is 9.59 Å². The number of nitrogens with two attached hydrogens (primary N) is 2. The fraction of sp³-hybridized carbons (Fsp3) is 0.444. The average Bonchev–Trinajstić information content (AvgIpc) is 2.61. The molecule has 0 radical (unpaired) electrons. The van der Waals surface area contributed by atoms with Crippen molar-refractivity contribution in [2.45, 2.75) is 13.8 Å². The van der Waals surface area contributed by atoms with Crippen molar-refractivity contribution in [1.82, 2.24) is 15.5 Å². The summed E-state index contributed by atoms with van der Waals surface area (Å²) >= 11 is 0. The number of anilines is 1. The van der Waals surface area contributed by atoms with Gasteiger partial charge in [0.25, 0.3) is 5.91 Å². The van der Waals surface area contributed by atoms with Crippen LogP contribution in [0.1, 0.15) is 24.2 Å². The molecule has 7 heteroatoms. The van der Waals surface area contributed by atoms with Gasteiger partial charge in [-0.1, -0.05) is 0 Å². The van der Waals surface area contributed by atoms with E-state index in [-0.39, 0.29) is 23.8 Å². The van der Waals surface area contributed by atoms with Crippen molar-refractivity contribution in [3.63, 3.8) is 0 Å². The Morgan fingerprint density at radius 3 is 2.62 bits per heavy atom. The first-order valence-corrected chi connectivity index (χ1v) is 4.71. The number of carbonyl (C=O) groups is 2. The number of aromatic nitrogens is 2. The minimum atomic E-state index is -0.797. The van der Waals surface area contributed by atoms with E-state index in [2.05, 4.69) is 15.5 Å². The first-order chi connectivity index (χ1) is 7.34. The molecule has 0 fully saturated rings. The topological polar surface area (TPSA) is 127 Å². The van der Waals surface area contributed by atoms with Crippen molar-refractivity contribution in [2.75, 3.05) is 12.3 Å². The van der Waals surface area contributed by atoms with Crippen molar-refractivity contribution in [1.29, 1.82) is 0 Å². The van der Waals surface area contributed by atoms with E-state index in [0.29, 0.717) is 0 Å². The molecule has 0 saturated heterocycles. The van der Waals surface area contributed by atoms with Gasteiger partial charge < -0.3 is 16.8 Å². The molecule has 0 saturated carbocycles. The fourth-order valence-electron chi connectivity index (χ4n) is 0.961. The molecule has 0 aliphatic rings. The zero-order valence-electron chi connectivity index (χ0n) is 9.20. The molecule has 88 valence electrons. The fourth-order valence-corrected chi connectivity index (χ4v) is 0.961. The number of nitrogens with zero attached hydrogens (tertiary/aromatic N) is 1. The summed E-state index contributed by atoms with van der Waals surface area (Å²) in [5.74, 6) is -0.678. The van der Waals surface area contributed by atoms with Gasteiger partial charge in [-0.25, -0.2) is 0 Å². The first-order valence-electron chi connectivity index (χ1n) is 4.71. The molecule has 1 heterocycles.